The van der Waals surface area contributed by atoms with Gasteiger partial charge in [-0.1, -0.05) is 34.1 Å². The lowest BCUT2D eigenvalue weighted by Crippen LogP contribution is -2.23. The number of rotatable bonds is 3. The Kier molecular flexibility index (Phi) is 3.81. The highest BCUT2D eigenvalue weighted by Gasteiger charge is 2.23. The molecule has 3 N–H and O–H groups in total. The van der Waals surface area contributed by atoms with E-state index in [0.29, 0.717) is 12.1 Å². The number of nitrogens with one attached hydrogen (secondary N) is 1. The van der Waals surface area contributed by atoms with Gasteiger partial charge in [-0.25, -0.2) is 0 Å². The standard InChI is InChI=1S/C17H19BrN2/c1-11(12-3-2-4-14(18)9-12)20-17-8-5-13-10-15(19)6-7-16(13)17/h2-4,6-7,9-11,17,20H,5,8,19H2,1H3. The normalized spacial score (nSPS) is 18.8. The van der Waals surface area contributed by atoms with Gasteiger partial charge in [0, 0.05) is 22.2 Å². The molecule has 0 bridgehead atoms. The van der Waals surface area contributed by atoms with Crippen LogP contribution in [-0.2, 0) is 6.42 Å². The van der Waals surface area contributed by atoms with E-state index >= 15 is 0 Å². The summed E-state index contributed by atoms with van der Waals surface area (Å²) in [4.78, 5) is 0. The Morgan fingerprint density at radius 1 is 1.25 bits per heavy atom. The van der Waals surface area contributed by atoms with Crippen LogP contribution in [0, 0.1) is 0 Å². The van der Waals surface area contributed by atoms with Crippen LogP contribution in [-0.4, -0.2) is 0 Å². The zero-order chi connectivity index (χ0) is 14.1. The SMILES string of the molecule is CC(NC1CCc2cc(N)ccc21)c1cccc(Br)c1. The third-order valence-corrected chi connectivity index (χ3v) is 4.54. The lowest BCUT2D eigenvalue weighted by atomic mass is 10.0. The van der Waals surface area contributed by atoms with E-state index < -0.39 is 0 Å². The number of hydrogen-bond acceptors (Lipinski definition) is 2. The van der Waals surface area contributed by atoms with Gasteiger partial charge >= 0.3 is 0 Å². The van der Waals surface area contributed by atoms with Crippen molar-refractivity contribution in [3.8, 4) is 0 Å². The molecule has 0 saturated carbocycles. The Labute approximate surface area is 128 Å². The lowest BCUT2D eigenvalue weighted by molar-refractivity contribution is 0.465. The highest BCUT2D eigenvalue weighted by molar-refractivity contribution is 9.10. The maximum absolute atomic E-state index is 5.86. The summed E-state index contributed by atoms with van der Waals surface area (Å²) in [5.74, 6) is 0. The molecular formula is C17H19BrN2. The van der Waals surface area contributed by atoms with Crippen molar-refractivity contribution in [2.45, 2.75) is 31.8 Å². The Morgan fingerprint density at radius 3 is 2.90 bits per heavy atom. The smallest absolute Gasteiger partial charge is 0.0331 e. The van der Waals surface area contributed by atoms with Gasteiger partial charge in [-0.2, -0.15) is 0 Å². The Bertz CT molecular complexity index is 624. The highest BCUT2D eigenvalue weighted by Crippen LogP contribution is 2.34. The first-order valence-electron chi connectivity index (χ1n) is 7.03. The average Bonchev–Trinajstić information content (AvgIpc) is 2.81. The third kappa shape index (κ3) is 2.74. The molecule has 0 heterocycles. The van der Waals surface area contributed by atoms with Crippen molar-refractivity contribution < 1.29 is 0 Å². The van der Waals surface area contributed by atoms with E-state index in [9.17, 15) is 0 Å². The van der Waals surface area contributed by atoms with Gasteiger partial charge in [-0.3, -0.25) is 0 Å². The maximum atomic E-state index is 5.86. The van der Waals surface area contributed by atoms with Crippen LogP contribution in [0.3, 0.4) is 0 Å². The van der Waals surface area contributed by atoms with Crippen LogP contribution in [0.1, 0.15) is 42.1 Å². The second-order valence-corrected chi connectivity index (χ2v) is 6.41. The molecule has 0 aliphatic heterocycles. The minimum atomic E-state index is 0.334. The summed E-state index contributed by atoms with van der Waals surface area (Å²) in [6.45, 7) is 2.22. The van der Waals surface area contributed by atoms with Crippen molar-refractivity contribution in [1.29, 1.82) is 0 Å². The Balaban J connectivity index is 1.77. The number of nitrogens with two attached hydrogens (primary N) is 1. The molecule has 1 aliphatic rings. The molecule has 0 saturated heterocycles. The van der Waals surface area contributed by atoms with E-state index in [-0.39, 0.29) is 0 Å². The van der Waals surface area contributed by atoms with E-state index in [0.717, 1.165) is 23.0 Å². The van der Waals surface area contributed by atoms with Gasteiger partial charge in [0.2, 0.25) is 0 Å². The van der Waals surface area contributed by atoms with E-state index in [4.69, 9.17) is 5.73 Å². The first kappa shape index (κ1) is 13.7. The fourth-order valence-electron chi connectivity index (χ4n) is 2.98. The minimum Gasteiger partial charge on any atom is -0.399 e. The second-order valence-electron chi connectivity index (χ2n) is 5.49. The van der Waals surface area contributed by atoms with Gasteiger partial charge in [0.05, 0.1) is 0 Å². The molecule has 2 unspecified atom stereocenters. The molecule has 2 nitrogen and oxygen atoms in total. The van der Waals surface area contributed by atoms with Crippen LogP contribution >= 0.6 is 15.9 Å². The van der Waals surface area contributed by atoms with Gasteiger partial charge in [-0.15, -0.1) is 0 Å². The summed E-state index contributed by atoms with van der Waals surface area (Å²) in [5.41, 5.74) is 10.8. The molecule has 0 radical (unpaired) electrons. The Morgan fingerprint density at radius 2 is 2.10 bits per heavy atom. The van der Waals surface area contributed by atoms with E-state index in [2.05, 4.69) is 64.6 Å². The zero-order valence-corrected chi connectivity index (χ0v) is 13.2. The summed E-state index contributed by atoms with van der Waals surface area (Å²) in [6, 6.07) is 15.5. The molecule has 2 atom stereocenters. The summed E-state index contributed by atoms with van der Waals surface area (Å²) in [7, 11) is 0. The fraction of sp³-hybridized carbons (Fsp3) is 0.294. The van der Waals surface area contributed by atoms with E-state index in [1.54, 1.807) is 0 Å². The molecule has 20 heavy (non-hydrogen) atoms. The predicted octanol–water partition coefficient (Wildman–Crippen LogP) is 4.37. The summed E-state index contributed by atoms with van der Waals surface area (Å²) in [5, 5.41) is 3.74. The monoisotopic (exact) mass is 330 g/mol. The number of aryl methyl sites for hydroxylation is 1. The van der Waals surface area contributed by atoms with Gasteiger partial charge in [0.15, 0.2) is 0 Å². The van der Waals surface area contributed by atoms with Crippen LogP contribution < -0.4 is 11.1 Å². The number of hydrogen-bond donors (Lipinski definition) is 2. The first-order chi connectivity index (χ1) is 9.63. The van der Waals surface area contributed by atoms with Crippen LogP contribution in [0.25, 0.3) is 0 Å². The molecule has 1 aliphatic carbocycles. The predicted molar refractivity (Wildman–Crippen MR) is 87.6 cm³/mol. The van der Waals surface area contributed by atoms with Crippen LogP contribution in [0.5, 0.6) is 0 Å². The number of fused-ring (bicyclic) bond motifs is 1. The average molecular weight is 331 g/mol. The van der Waals surface area contributed by atoms with Gasteiger partial charge in [0.1, 0.15) is 0 Å². The van der Waals surface area contributed by atoms with Crippen molar-refractivity contribution in [2.24, 2.45) is 0 Å². The largest absolute Gasteiger partial charge is 0.399 e. The Hall–Kier alpha value is -1.32. The maximum Gasteiger partial charge on any atom is 0.0331 e. The zero-order valence-electron chi connectivity index (χ0n) is 11.6. The van der Waals surface area contributed by atoms with Crippen molar-refractivity contribution >= 4 is 21.6 Å². The number of halogens is 1. The van der Waals surface area contributed by atoms with Gasteiger partial charge in [-0.05, 0) is 60.7 Å². The number of nitrogen functional groups attached to an aromatic ring is 1. The molecule has 3 rings (SSSR count). The first-order valence-corrected chi connectivity index (χ1v) is 7.82. The van der Waals surface area contributed by atoms with Crippen molar-refractivity contribution in [1.82, 2.24) is 5.32 Å². The molecule has 0 fully saturated rings. The number of anilines is 1. The minimum absolute atomic E-state index is 0.334. The van der Waals surface area contributed by atoms with Crippen molar-refractivity contribution in [3.63, 3.8) is 0 Å². The molecule has 0 amide bonds. The molecule has 2 aromatic rings. The highest BCUT2D eigenvalue weighted by atomic mass is 79.9. The molecule has 0 aromatic heterocycles. The summed E-state index contributed by atoms with van der Waals surface area (Å²) in [6.07, 6.45) is 2.26. The molecule has 2 aromatic carbocycles. The summed E-state index contributed by atoms with van der Waals surface area (Å²) >= 11 is 3.54. The third-order valence-electron chi connectivity index (χ3n) is 4.04. The quantitative estimate of drug-likeness (QED) is 0.820. The van der Waals surface area contributed by atoms with Crippen LogP contribution in [0.15, 0.2) is 46.9 Å². The molecule has 0 spiro atoms. The molecular weight excluding hydrogens is 312 g/mol. The van der Waals surface area contributed by atoms with Crippen LogP contribution in [0.4, 0.5) is 5.69 Å². The van der Waals surface area contributed by atoms with Crippen molar-refractivity contribution in [3.05, 3.63) is 63.6 Å². The second kappa shape index (κ2) is 5.58. The van der Waals surface area contributed by atoms with Gasteiger partial charge < -0.3 is 11.1 Å². The van der Waals surface area contributed by atoms with Gasteiger partial charge in [0.25, 0.3) is 0 Å². The molecule has 104 valence electrons. The lowest BCUT2D eigenvalue weighted by Gasteiger charge is -2.21. The van der Waals surface area contributed by atoms with E-state index in [1.807, 2.05) is 6.07 Å². The summed E-state index contributed by atoms with van der Waals surface area (Å²) < 4.78 is 1.13. The van der Waals surface area contributed by atoms with Crippen LogP contribution in [0.2, 0.25) is 0 Å². The van der Waals surface area contributed by atoms with E-state index in [1.165, 1.54) is 16.7 Å². The molecule has 3 heteroatoms. The topological polar surface area (TPSA) is 38.0 Å². The number of benzene rings is 2. The fourth-order valence-corrected chi connectivity index (χ4v) is 3.40. The van der Waals surface area contributed by atoms with Crippen molar-refractivity contribution in [2.75, 3.05) is 5.73 Å².